The van der Waals surface area contributed by atoms with E-state index >= 15 is 0 Å². The first-order chi connectivity index (χ1) is 39.2. The molecule has 1 saturated carbocycles. The fraction of sp³-hybridized carbons (Fsp3) is 0.661. The fourth-order valence-corrected chi connectivity index (χ4v) is 12.6. The number of ether oxygens (including phenoxy) is 7. The van der Waals surface area contributed by atoms with E-state index in [1.54, 1.807) is 65.9 Å². The number of methoxy groups -OCH3 is 3. The van der Waals surface area contributed by atoms with Gasteiger partial charge < -0.3 is 43.2 Å². The second kappa shape index (κ2) is 31.6. The Balaban J connectivity index is 1.49. The summed E-state index contributed by atoms with van der Waals surface area (Å²) in [5, 5.41) is 12.1. The molecule has 3 aliphatic heterocycles. The van der Waals surface area contributed by atoms with Crippen LogP contribution in [0.2, 0.25) is 0 Å². The minimum absolute atomic E-state index is 0.0137. The van der Waals surface area contributed by atoms with Crippen LogP contribution in [0.3, 0.4) is 0 Å². The molecule has 1 aromatic carbocycles. The smallest absolute Gasteiger partial charge is 0.421 e. The van der Waals surface area contributed by atoms with Crippen molar-refractivity contribution >= 4 is 51.3 Å². The van der Waals surface area contributed by atoms with Crippen molar-refractivity contribution in [1.82, 2.24) is 14.5 Å². The number of nitrogens with one attached hydrogen (secondary N) is 1. The summed E-state index contributed by atoms with van der Waals surface area (Å²) in [5.41, 5.74) is 1.23. The van der Waals surface area contributed by atoms with E-state index in [4.69, 9.17) is 33.2 Å². The van der Waals surface area contributed by atoms with E-state index in [-0.39, 0.29) is 60.6 Å². The number of rotatable bonds is 12. The van der Waals surface area contributed by atoms with Gasteiger partial charge in [-0.3, -0.25) is 28.9 Å². The third-order valence-corrected chi connectivity index (χ3v) is 18.0. The number of allylic oxidation sites excluding steroid dienone is 6. The molecule has 0 radical (unpaired) electrons. The predicted octanol–water partition coefficient (Wildman–Crippen LogP) is 7.42. The third kappa shape index (κ3) is 19.0. The minimum atomic E-state index is -4.22. The minimum Gasteiger partial charge on any atom is -0.460 e. The van der Waals surface area contributed by atoms with Crippen LogP contribution < -0.4 is 4.72 Å². The van der Waals surface area contributed by atoms with Gasteiger partial charge in [-0.05, 0) is 133 Å². The number of amides is 2. The Bertz CT molecular complexity index is 2640. The molecule has 1 aliphatic carbocycles. The number of fused-ring (bicyclic) bond motifs is 3. The number of piperidine rings is 1. The van der Waals surface area contributed by atoms with Gasteiger partial charge in [0.2, 0.25) is 5.79 Å². The van der Waals surface area contributed by atoms with Crippen molar-refractivity contribution in [1.29, 1.82) is 0 Å². The van der Waals surface area contributed by atoms with Gasteiger partial charge in [0.25, 0.3) is 21.7 Å². The van der Waals surface area contributed by atoms with Crippen molar-refractivity contribution in [2.75, 3.05) is 48.5 Å². The number of nitrogens with zero attached hydrogens (tertiary/aromatic N) is 2. The second-order valence-electron chi connectivity index (χ2n) is 23.6. The van der Waals surface area contributed by atoms with Crippen molar-refractivity contribution in [3.8, 4) is 0 Å². The Morgan fingerprint density at radius 3 is 2.20 bits per heavy atom. The Kier molecular flexibility index (Phi) is 26.1. The molecule has 2 saturated heterocycles. The van der Waals surface area contributed by atoms with Gasteiger partial charge in [0, 0.05) is 58.5 Å². The summed E-state index contributed by atoms with van der Waals surface area (Å²) >= 11 is 0. The first-order valence-electron chi connectivity index (χ1n) is 29.2. The molecule has 83 heavy (non-hydrogen) atoms. The summed E-state index contributed by atoms with van der Waals surface area (Å²) < 4.78 is 69.5. The van der Waals surface area contributed by atoms with Crippen LogP contribution in [0.15, 0.2) is 82.8 Å². The first kappa shape index (κ1) is 68.4. The van der Waals surface area contributed by atoms with Gasteiger partial charge >= 0.3 is 18.0 Å². The number of cyclic esters (lactones) is 1. The fourth-order valence-electron chi connectivity index (χ4n) is 11.7. The normalized spacial score (nSPS) is 34.2. The van der Waals surface area contributed by atoms with E-state index in [2.05, 4.69) is 0 Å². The lowest BCUT2D eigenvalue weighted by molar-refractivity contribution is -0.265. The van der Waals surface area contributed by atoms with Crippen LogP contribution in [0.4, 0.5) is 4.79 Å². The van der Waals surface area contributed by atoms with Crippen molar-refractivity contribution in [3.63, 3.8) is 0 Å². The Morgan fingerprint density at radius 2 is 1.54 bits per heavy atom. The molecule has 0 aromatic heterocycles. The van der Waals surface area contributed by atoms with Gasteiger partial charge in [-0.1, -0.05) is 89.3 Å². The predicted molar refractivity (Wildman–Crippen MR) is 309 cm³/mol. The van der Waals surface area contributed by atoms with E-state index < -0.39 is 118 Å². The average Bonchev–Trinajstić information content (AvgIpc) is 2.92. The van der Waals surface area contributed by atoms with Gasteiger partial charge in [0.15, 0.2) is 18.0 Å². The van der Waals surface area contributed by atoms with Crippen molar-refractivity contribution in [2.24, 2.45) is 35.5 Å². The Labute approximate surface area is 491 Å². The number of carbonyl (C=O) groups is 7. The lowest BCUT2D eigenvalue weighted by Gasteiger charge is -2.42. The van der Waals surface area contributed by atoms with Crippen LogP contribution in [0.5, 0.6) is 0 Å². The summed E-state index contributed by atoms with van der Waals surface area (Å²) in [7, 11) is 3.57. The van der Waals surface area contributed by atoms with Crippen molar-refractivity contribution in [2.45, 2.75) is 185 Å². The monoisotopic (exact) mass is 1180 g/mol. The number of likely N-dealkylation sites (N-methyl/N-ethyl adjacent to an activating group) is 1. The molecule has 0 unspecified atom stereocenters. The quantitative estimate of drug-likeness (QED) is 0.0893. The molecular formula is C62H91N3O17S. The van der Waals surface area contributed by atoms with Crippen LogP contribution in [0, 0.1) is 35.5 Å². The SMILES string of the molecule is CO[C@H]1C[C@@H]2CC[C@@H](C)[C@@](O)(O2)C(=O)C(=O)N2CCCC[C@H]2C(=O)O[C@H]([C@H](C)C[C@@H]2CC[C@@H](OC(=O)NS(=O)(=O)c3ccccc3)[C@H](OC)C2)CC(=O)[C@H](C)/C=C(\C)[C@@H](OC(=O)CN(C)C)[C@@H](OC)C(=O)[C@H](C)C[C@H](C)/C=C/C=C/C=C/1C. The molecule has 4 aliphatic rings. The van der Waals surface area contributed by atoms with E-state index in [0.29, 0.717) is 63.4 Å². The molecule has 20 nitrogen and oxygen atoms in total. The van der Waals surface area contributed by atoms with Crippen LogP contribution in [0.25, 0.3) is 0 Å². The maximum atomic E-state index is 14.7. The van der Waals surface area contributed by atoms with Crippen molar-refractivity contribution < 1.29 is 80.2 Å². The lowest BCUT2D eigenvalue weighted by atomic mass is 9.78. The zero-order chi connectivity index (χ0) is 61.3. The molecule has 0 spiro atoms. The number of esters is 2. The van der Waals surface area contributed by atoms with Crippen LogP contribution in [-0.2, 0) is 71.9 Å². The maximum absolute atomic E-state index is 14.7. The van der Waals surface area contributed by atoms with Gasteiger partial charge in [0.1, 0.15) is 24.0 Å². The number of hydrogen-bond donors (Lipinski definition) is 2. The highest BCUT2D eigenvalue weighted by Crippen LogP contribution is 2.38. The third-order valence-electron chi connectivity index (χ3n) is 16.7. The topological polar surface area (TPSA) is 257 Å². The highest BCUT2D eigenvalue weighted by Gasteiger charge is 2.53. The van der Waals surface area contributed by atoms with E-state index in [1.165, 1.54) is 38.5 Å². The largest absolute Gasteiger partial charge is 0.460 e. The number of carbonyl (C=O) groups excluding carboxylic acids is 7. The first-order valence-corrected chi connectivity index (χ1v) is 30.6. The maximum Gasteiger partial charge on any atom is 0.421 e. The van der Waals surface area contributed by atoms with Gasteiger partial charge in [-0.2, -0.15) is 0 Å². The van der Waals surface area contributed by atoms with Gasteiger partial charge in [-0.15, -0.1) is 0 Å². The summed E-state index contributed by atoms with van der Waals surface area (Å²) in [6.45, 7) is 12.4. The van der Waals surface area contributed by atoms with E-state index in [1.807, 2.05) is 55.9 Å². The van der Waals surface area contributed by atoms with E-state index in [0.717, 1.165) is 10.5 Å². The summed E-state index contributed by atoms with van der Waals surface area (Å²) in [6, 6.07) is 6.15. The summed E-state index contributed by atoms with van der Waals surface area (Å²) in [4.78, 5) is 102. The summed E-state index contributed by atoms with van der Waals surface area (Å²) in [6.07, 6.45) is 7.67. The Morgan fingerprint density at radius 1 is 0.831 bits per heavy atom. The lowest BCUT2D eigenvalue weighted by Crippen LogP contribution is -2.61. The molecule has 15 atom stereocenters. The number of sulfonamides is 1. The molecule has 462 valence electrons. The average molecular weight is 1180 g/mol. The number of aliphatic hydroxyl groups is 1. The standard InChI is InChI=1S/C62H91N3O17S/c1-38-21-15-13-16-22-39(2)51(76-10)35-46-28-26-44(7)62(73,82-46)58(69)59(70)65-30-20-19-25-48(65)60(71)79-52(36-49(66)40(3)32-43(6)56(81-54(67)37-64(8)9)57(78-12)55(68)42(5)31-38)41(4)33-45-27-29-50(53(34-45)77-11)80-61(72)63-83(74,75)47-23-17-14-18-24-47/h13-18,21-24,32,38,40-42,44-46,48,50-53,56-57,73H,19-20,25-31,33-37H2,1-12H3,(H,63,72)/b16-13+,21-15+,39-22+,43-32+/t38-,40-,41-,42-,44-,45+,46+,48+,50-,51+,52+,53-,56-,57+,62-/m1/s1. The molecule has 3 heterocycles. The van der Waals surface area contributed by atoms with Crippen LogP contribution in [0.1, 0.15) is 126 Å². The highest BCUT2D eigenvalue weighted by molar-refractivity contribution is 7.90. The molecule has 3 fully saturated rings. The summed E-state index contributed by atoms with van der Waals surface area (Å²) in [5.74, 6) is -9.80. The zero-order valence-corrected chi connectivity index (χ0v) is 51.4. The molecule has 2 amide bonds. The van der Waals surface area contributed by atoms with Crippen LogP contribution >= 0.6 is 0 Å². The second-order valence-corrected chi connectivity index (χ2v) is 25.3. The van der Waals surface area contributed by atoms with Crippen molar-refractivity contribution in [3.05, 3.63) is 77.9 Å². The van der Waals surface area contributed by atoms with E-state index in [9.17, 15) is 47.1 Å². The Hall–Kier alpha value is -5.42. The van der Waals surface area contributed by atoms with Gasteiger partial charge in [0.05, 0.1) is 29.8 Å². The highest BCUT2D eigenvalue weighted by atomic mass is 32.2. The molecule has 21 heteroatoms. The molecule has 1 aromatic rings. The number of Topliss-reactive ketones (excluding diaryl/α,β-unsaturated/α-hetero) is 3. The number of benzene rings is 1. The number of hydrogen-bond acceptors (Lipinski definition) is 18. The number of ketones is 3. The van der Waals surface area contributed by atoms with Gasteiger partial charge in [-0.25, -0.2) is 22.7 Å². The zero-order valence-electron chi connectivity index (χ0n) is 50.6. The molecule has 2 N–H and O–H groups in total. The molecule has 2 bridgehead atoms. The van der Waals surface area contributed by atoms with Crippen LogP contribution in [-0.4, -0.2) is 168 Å². The molecular weight excluding hydrogens is 1090 g/mol. The molecule has 5 rings (SSSR count).